The van der Waals surface area contributed by atoms with E-state index in [4.69, 9.17) is 46.4 Å². The Morgan fingerprint density at radius 2 is 1.38 bits per heavy atom. The van der Waals surface area contributed by atoms with E-state index in [2.05, 4.69) is 0 Å². The topological polar surface area (TPSA) is 20.3 Å². The molecule has 0 fully saturated rings. The van der Waals surface area contributed by atoms with E-state index in [1.807, 2.05) is 27.7 Å². The van der Waals surface area contributed by atoms with Crippen LogP contribution < -0.4 is 0 Å². The Labute approximate surface area is 118 Å². The summed E-state index contributed by atoms with van der Waals surface area (Å²) in [6, 6.07) is -0.0229. The lowest BCUT2D eigenvalue weighted by Gasteiger charge is -2.42. The van der Waals surface area contributed by atoms with Gasteiger partial charge in [-0.3, -0.25) is 0 Å². The lowest BCUT2D eigenvalue weighted by Crippen LogP contribution is -2.40. The molecule has 16 heavy (non-hydrogen) atoms. The standard InChI is InChI=1S/C9H18Cl4NOP/c1-6(2)14(7(3)4)16(15,8(10)11)9(5,12)13/h6-8H,1-5H3. The second kappa shape index (κ2) is 5.99. The molecule has 1 atom stereocenters. The molecule has 0 N–H and O–H groups in total. The summed E-state index contributed by atoms with van der Waals surface area (Å²) in [4.78, 5) is 0. The van der Waals surface area contributed by atoms with Crippen molar-refractivity contribution in [3.8, 4) is 0 Å². The summed E-state index contributed by atoms with van der Waals surface area (Å²) in [6.45, 7) is 9.09. The van der Waals surface area contributed by atoms with Gasteiger partial charge < -0.3 is 4.57 Å². The fourth-order valence-electron chi connectivity index (χ4n) is 1.76. The summed E-state index contributed by atoms with van der Waals surface area (Å²) in [6.07, 6.45) is 0. The molecule has 0 heterocycles. The normalized spacial score (nSPS) is 17.6. The maximum absolute atomic E-state index is 12.9. The van der Waals surface area contributed by atoms with Crippen LogP contribution in [0.2, 0.25) is 0 Å². The van der Waals surface area contributed by atoms with Crippen LogP contribution in [-0.4, -0.2) is 25.4 Å². The molecular weight excluding hydrogens is 311 g/mol. The van der Waals surface area contributed by atoms with Crippen molar-refractivity contribution in [2.75, 3.05) is 0 Å². The van der Waals surface area contributed by atoms with Crippen molar-refractivity contribution in [3.63, 3.8) is 0 Å². The Kier molecular flexibility index (Phi) is 6.50. The van der Waals surface area contributed by atoms with Gasteiger partial charge >= 0.3 is 0 Å². The zero-order valence-corrected chi connectivity index (χ0v) is 14.0. The van der Waals surface area contributed by atoms with Crippen LogP contribution in [0, 0.1) is 0 Å². The van der Waals surface area contributed by atoms with Crippen LogP contribution in [0.25, 0.3) is 0 Å². The maximum Gasteiger partial charge on any atom is 0.216 e. The van der Waals surface area contributed by atoms with Crippen molar-refractivity contribution in [1.82, 2.24) is 4.67 Å². The van der Waals surface area contributed by atoms with Crippen molar-refractivity contribution in [3.05, 3.63) is 0 Å². The Hall–Kier alpha value is 1.35. The van der Waals surface area contributed by atoms with Crippen LogP contribution in [0.15, 0.2) is 0 Å². The van der Waals surface area contributed by atoms with E-state index >= 15 is 0 Å². The van der Waals surface area contributed by atoms with Crippen LogP contribution >= 0.6 is 53.7 Å². The minimum atomic E-state index is -3.30. The molecule has 7 heteroatoms. The summed E-state index contributed by atoms with van der Waals surface area (Å²) in [5.74, 6) is 0. The zero-order chi connectivity index (χ0) is 13.3. The van der Waals surface area contributed by atoms with Gasteiger partial charge in [0.2, 0.25) is 7.29 Å². The molecule has 0 saturated carbocycles. The van der Waals surface area contributed by atoms with E-state index in [1.54, 1.807) is 4.67 Å². The quantitative estimate of drug-likeness (QED) is 0.504. The lowest BCUT2D eigenvalue weighted by molar-refractivity contribution is 0.297. The molecule has 0 radical (unpaired) electrons. The van der Waals surface area contributed by atoms with Gasteiger partial charge in [-0.1, -0.05) is 46.4 Å². The highest BCUT2D eigenvalue weighted by Crippen LogP contribution is 2.71. The van der Waals surface area contributed by atoms with E-state index < -0.39 is 15.9 Å². The summed E-state index contributed by atoms with van der Waals surface area (Å²) in [5.41, 5.74) is 0. The highest BCUT2D eigenvalue weighted by Gasteiger charge is 2.52. The van der Waals surface area contributed by atoms with E-state index in [-0.39, 0.29) is 12.1 Å². The molecule has 0 spiro atoms. The van der Waals surface area contributed by atoms with Gasteiger partial charge in [-0.2, -0.15) is 0 Å². The predicted molar refractivity (Wildman–Crippen MR) is 75.3 cm³/mol. The molecule has 0 bridgehead atoms. The molecule has 0 aromatic rings. The number of hydrogen-bond acceptors (Lipinski definition) is 1. The van der Waals surface area contributed by atoms with Crippen LogP contribution in [0.1, 0.15) is 34.6 Å². The molecule has 0 aliphatic carbocycles. The summed E-state index contributed by atoms with van der Waals surface area (Å²) in [7, 11) is -3.30. The smallest absolute Gasteiger partial charge is 0.216 e. The number of hydrogen-bond donors (Lipinski definition) is 0. The van der Waals surface area contributed by atoms with Gasteiger partial charge in [-0.15, -0.1) is 0 Å². The molecule has 0 aliphatic heterocycles. The first kappa shape index (κ1) is 17.4. The second-order valence-electron chi connectivity index (χ2n) is 4.31. The average molecular weight is 329 g/mol. The first-order valence-corrected chi connectivity index (χ1v) is 8.36. The molecule has 0 aliphatic rings. The van der Waals surface area contributed by atoms with Crippen molar-refractivity contribution in [2.24, 2.45) is 0 Å². The molecule has 2 nitrogen and oxygen atoms in total. The average Bonchev–Trinajstić information content (AvgIpc) is 1.99. The molecule has 0 rings (SSSR count). The van der Waals surface area contributed by atoms with Crippen LogP contribution in [0.3, 0.4) is 0 Å². The van der Waals surface area contributed by atoms with Crippen LogP contribution in [0.4, 0.5) is 0 Å². The molecule has 98 valence electrons. The summed E-state index contributed by atoms with van der Waals surface area (Å²) >= 11 is 23.7. The van der Waals surface area contributed by atoms with E-state index in [9.17, 15) is 4.57 Å². The number of alkyl halides is 4. The largest absolute Gasteiger partial charge is 0.300 e. The van der Waals surface area contributed by atoms with Crippen molar-refractivity contribution in [1.29, 1.82) is 0 Å². The number of halogens is 4. The van der Waals surface area contributed by atoms with Crippen molar-refractivity contribution in [2.45, 2.75) is 55.4 Å². The minimum absolute atomic E-state index is 0.0114. The summed E-state index contributed by atoms with van der Waals surface area (Å²) in [5, 5.41) is 0. The zero-order valence-electron chi connectivity index (χ0n) is 10.0. The Bertz CT molecular complexity index is 267. The van der Waals surface area contributed by atoms with Gasteiger partial charge in [0, 0.05) is 12.1 Å². The lowest BCUT2D eigenvalue weighted by atomic mass is 10.3. The van der Waals surface area contributed by atoms with Crippen molar-refractivity contribution >= 4 is 53.7 Å². The highest BCUT2D eigenvalue weighted by molar-refractivity contribution is 7.71. The molecule has 0 aromatic heterocycles. The second-order valence-corrected chi connectivity index (χ2v) is 11.4. The first-order chi connectivity index (χ1) is 6.96. The van der Waals surface area contributed by atoms with Crippen LogP contribution in [0.5, 0.6) is 0 Å². The molecule has 0 saturated heterocycles. The van der Waals surface area contributed by atoms with Crippen molar-refractivity contribution < 1.29 is 4.57 Å². The Balaban J connectivity index is 5.60. The highest BCUT2D eigenvalue weighted by atomic mass is 35.5. The third-order valence-electron chi connectivity index (χ3n) is 2.23. The number of nitrogens with zero attached hydrogens (tertiary/aromatic N) is 1. The summed E-state index contributed by atoms with van der Waals surface area (Å²) < 4.78 is 12.0. The Morgan fingerprint density at radius 3 is 1.44 bits per heavy atom. The fraction of sp³-hybridized carbons (Fsp3) is 1.00. The molecule has 0 amide bonds. The molecule has 1 unspecified atom stereocenters. The SMILES string of the molecule is CC(C)N(C(C)C)P(=O)(C(Cl)Cl)C(C)(Cl)Cl. The molecular formula is C9H18Cl4NOP. The van der Waals surface area contributed by atoms with Gasteiger partial charge in [0.05, 0.1) is 0 Å². The van der Waals surface area contributed by atoms with E-state index in [0.717, 1.165) is 0 Å². The Morgan fingerprint density at radius 1 is 1.06 bits per heavy atom. The third-order valence-corrected chi connectivity index (χ3v) is 8.53. The van der Waals surface area contributed by atoms with Gasteiger partial charge in [0.15, 0.2) is 8.65 Å². The van der Waals surface area contributed by atoms with Gasteiger partial charge in [0.1, 0.15) is 0 Å². The van der Waals surface area contributed by atoms with Gasteiger partial charge in [-0.25, -0.2) is 4.67 Å². The van der Waals surface area contributed by atoms with Gasteiger partial charge in [0.25, 0.3) is 0 Å². The van der Waals surface area contributed by atoms with Crippen LogP contribution in [-0.2, 0) is 4.57 Å². The maximum atomic E-state index is 12.9. The van der Waals surface area contributed by atoms with Gasteiger partial charge in [-0.05, 0) is 34.6 Å². The third kappa shape index (κ3) is 3.43. The molecule has 0 aromatic carbocycles. The fourth-order valence-corrected chi connectivity index (χ4v) is 7.56. The number of rotatable bonds is 5. The first-order valence-electron chi connectivity index (χ1n) is 5.00. The minimum Gasteiger partial charge on any atom is -0.300 e. The monoisotopic (exact) mass is 327 g/mol. The van der Waals surface area contributed by atoms with E-state index in [0.29, 0.717) is 0 Å². The van der Waals surface area contributed by atoms with E-state index in [1.165, 1.54) is 6.92 Å². The predicted octanol–water partition coefficient (Wildman–Crippen LogP) is 5.30.